The van der Waals surface area contributed by atoms with Gasteiger partial charge in [-0.3, -0.25) is 14.2 Å². The molecule has 0 saturated heterocycles. The van der Waals surface area contributed by atoms with Gasteiger partial charge in [0, 0.05) is 17.5 Å². The van der Waals surface area contributed by atoms with Crippen LogP contribution in [-0.4, -0.2) is 26.4 Å². The van der Waals surface area contributed by atoms with Gasteiger partial charge in [0.1, 0.15) is 5.76 Å². The summed E-state index contributed by atoms with van der Waals surface area (Å²) in [6, 6.07) is 12.9. The van der Waals surface area contributed by atoms with Gasteiger partial charge in [0.15, 0.2) is 11.0 Å². The van der Waals surface area contributed by atoms with E-state index >= 15 is 0 Å². The molecule has 29 heavy (non-hydrogen) atoms. The lowest BCUT2D eigenvalue weighted by Gasteiger charge is -2.12. The number of fused-ring (bicyclic) bond motifs is 1. The van der Waals surface area contributed by atoms with Crippen LogP contribution in [0.5, 0.6) is 0 Å². The standard InChI is InChI=1S/C20H18N4O3S2/c1-13-11-17(23-27-13)22-18(25)12-29-20-21-16-7-3-2-6-15(16)19(26)24(20)9-8-14-5-4-10-28-14/h2-7,10-11H,8-9,12H2,1H3,(H,22,23,25). The normalized spacial score (nSPS) is 11.1. The summed E-state index contributed by atoms with van der Waals surface area (Å²) in [7, 11) is 0. The second-order valence-corrected chi connectivity index (χ2v) is 8.33. The number of thiophene rings is 1. The van der Waals surface area contributed by atoms with Gasteiger partial charge in [0.25, 0.3) is 5.56 Å². The van der Waals surface area contributed by atoms with Gasteiger partial charge in [-0.15, -0.1) is 11.3 Å². The summed E-state index contributed by atoms with van der Waals surface area (Å²) in [5, 5.41) is 9.55. The highest BCUT2D eigenvalue weighted by Crippen LogP contribution is 2.19. The molecule has 0 aliphatic rings. The molecule has 0 spiro atoms. The second kappa shape index (κ2) is 8.62. The number of rotatable bonds is 7. The summed E-state index contributed by atoms with van der Waals surface area (Å²) < 4.78 is 6.60. The molecule has 0 saturated carbocycles. The van der Waals surface area contributed by atoms with Crippen LogP contribution < -0.4 is 10.9 Å². The highest BCUT2D eigenvalue weighted by molar-refractivity contribution is 7.99. The Hall–Kier alpha value is -2.91. The highest BCUT2D eigenvalue weighted by Gasteiger charge is 2.14. The molecule has 148 valence electrons. The molecule has 0 unspecified atom stereocenters. The Kier molecular flexibility index (Phi) is 5.77. The number of anilines is 1. The highest BCUT2D eigenvalue weighted by atomic mass is 32.2. The van der Waals surface area contributed by atoms with E-state index in [0.29, 0.717) is 34.2 Å². The molecular weight excluding hydrogens is 408 g/mol. The average Bonchev–Trinajstić information content (AvgIpc) is 3.37. The van der Waals surface area contributed by atoms with Gasteiger partial charge in [0.2, 0.25) is 5.91 Å². The molecule has 0 aliphatic carbocycles. The van der Waals surface area contributed by atoms with E-state index in [1.807, 2.05) is 35.7 Å². The summed E-state index contributed by atoms with van der Waals surface area (Å²) in [5.41, 5.74) is 0.530. The third-order valence-electron chi connectivity index (χ3n) is 4.22. The fourth-order valence-corrected chi connectivity index (χ4v) is 4.39. The third-order valence-corrected chi connectivity index (χ3v) is 6.13. The van der Waals surface area contributed by atoms with Crippen LogP contribution in [-0.2, 0) is 17.8 Å². The zero-order chi connectivity index (χ0) is 20.2. The van der Waals surface area contributed by atoms with Crippen molar-refractivity contribution in [2.45, 2.75) is 25.0 Å². The van der Waals surface area contributed by atoms with E-state index in [-0.39, 0.29) is 17.2 Å². The fraction of sp³-hybridized carbons (Fsp3) is 0.200. The minimum atomic E-state index is -0.240. The molecule has 0 aliphatic heterocycles. The number of carbonyl (C=O) groups is 1. The number of aromatic nitrogens is 3. The number of nitrogens with zero attached hydrogens (tertiary/aromatic N) is 3. The van der Waals surface area contributed by atoms with Crippen molar-refractivity contribution in [2.75, 3.05) is 11.1 Å². The van der Waals surface area contributed by atoms with Crippen molar-refractivity contribution in [2.24, 2.45) is 0 Å². The maximum Gasteiger partial charge on any atom is 0.262 e. The van der Waals surface area contributed by atoms with E-state index < -0.39 is 0 Å². The Labute approximate surface area is 174 Å². The monoisotopic (exact) mass is 426 g/mol. The smallest absolute Gasteiger partial charge is 0.262 e. The number of aryl methyl sites for hydroxylation is 2. The van der Waals surface area contributed by atoms with Gasteiger partial charge < -0.3 is 9.84 Å². The van der Waals surface area contributed by atoms with Crippen molar-refractivity contribution in [3.8, 4) is 0 Å². The fourth-order valence-electron chi connectivity index (χ4n) is 2.87. The molecule has 0 radical (unpaired) electrons. The Bertz CT molecular complexity index is 1200. The molecule has 7 nitrogen and oxygen atoms in total. The Morgan fingerprint density at radius 3 is 2.90 bits per heavy atom. The van der Waals surface area contributed by atoms with Crippen LogP contribution in [0.3, 0.4) is 0 Å². The molecule has 4 aromatic rings. The lowest BCUT2D eigenvalue weighted by Crippen LogP contribution is -2.25. The summed E-state index contributed by atoms with van der Waals surface area (Å²) in [4.78, 5) is 31.1. The Morgan fingerprint density at radius 2 is 2.14 bits per heavy atom. The maximum atomic E-state index is 13.0. The van der Waals surface area contributed by atoms with E-state index in [0.717, 1.165) is 6.42 Å². The van der Waals surface area contributed by atoms with Crippen molar-refractivity contribution in [1.82, 2.24) is 14.7 Å². The van der Waals surface area contributed by atoms with Gasteiger partial charge in [-0.25, -0.2) is 4.98 Å². The van der Waals surface area contributed by atoms with Crippen LogP contribution in [0.1, 0.15) is 10.6 Å². The minimum absolute atomic E-state index is 0.0952. The van der Waals surface area contributed by atoms with Crippen LogP contribution in [0.4, 0.5) is 5.82 Å². The summed E-state index contributed by atoms with van der Waals surface area (Å²) >= 11 is 2.89. The second-order valence-electron chi connectivity index (χ2n) is 6.36. The first-order valence-corrected chi connectivity index (χ1v) is 10.8. The molecule has 1 amide bonds. The largest absolute Gasteiger partial charge is 0.360 e. The summed E-state index contributed by atoms with van der Waals surface area (Å²) in [6.45, 7) is 2.26. The molecule has 0 bridgehead atoms. The van der Waals surface area contributed by atoms with Gasteiger partial charge in [-0.2, -0.15) is 0 Å². The number of para-hydroxylation sites is 1. The van der Waals surface area contributed by atoms with Gasteiger partial charge in [-0.05, 0) is 36.9 Å². The van der Waals surface area contributed by atoms with Crippen molar-refractivity contribution < 1.29 is 9.32 Å². The maximum absolute atomic E-state index is 13.0. The molecule has 0 atom stereocenters. The molecule has 1 aromatic carbocycles. The average molecular weight is 427 g/mol. The van der Waals surface area contributed by atoms with Crippen LogP contribution in [0.15, 0.2) is 62.3 Å². The van der Waals surface area contributed by atoms with E-state index in [1.165, 1.54) is 16.6 Å². The van der Waals surface area contributed by atoms with Crippen LogP contribution in [0.25, 0.3) is 10.9 Å². The predicted molar refractivity (Wildman–Crippen MR) is 115 cm³/mol. The Balaban J connectivity index is 1.56. The van der Waals surface area contributed by atoms with Crippen LogP contribution >= 0.6 is 23.1 Å². The molecule has 1 N–H and O–H groups in total. The molecular formula is C20H18N4O3S2. The Morgan fingerprint density at radius 1 is 1.28 bits per heavy atom. The first kappa shape index (κ1) is 19.4. The molecule has 3 aromatic heterocycles. The first-order valence-electron chi connectivity index (χ1n) is 8.98. The third kappa shape index (κ3) is 4.57. The van der Waals surface area contributed by atoms with Crippen molar-refractivity contribution >= 4 is 45.7 Å². The van der Waals surface area contributed by atoms with Crippen LogP contribution in [0, 0.1) is 6.92 Å². The SMILES string of the molecule is Cc1cc(NC(=O)CSc2nc3ccccc3c(=O)n2CCc2cccs2)no1. The van der Waals surface area contributed by atoms with Crippen molar-refractivity contribution in [1.29, 1.82) is 0 Å². The topological polar surface area (TPSA) is 90.0 Å². The van der Waals surface area contributed by atoms with Crippen molar-refractivity contribution in [3.63, 3.8) is 0 Å². The number of carbonyl (C=O) groups excluding carboxylic acids is 1. The number of amides is 1. The zero-order valence-corrected chi connectivity index (χ0v) is 17.3. The van der Waals surface area contributed by atoms with Crippen molar-refractivity contribution in [3.05, 3.63) is 68.8 Å². The molecule has 9 heteroatoms. The van der Waals surface area contributed by atoms with E-state index in [4.69, 9.17) is 4.52 Å². The first-order chi connectivity index (χ1) is 14.1. The minimum Gasteiger partial charge on any atom is -0.360 e. The predicted octanol–water partition coefficient (Wildman–Crippen LogP) is 3.73. The number of benzene rings is 1. The van der Waals surface area contributed by atoms with E-state index in [2.05, 4.69) is 15.5 Å². The zero-order valence-electron chi connectivity index (χ0n) is 15.6. The number of hydrogen-bond acceptors (Lipinski definition) is 7. The summed E-state index contributed by atoms with van der Waals surface area (Å²) in [6.07, 6.45) is 0.732. The van der Waals surface area contributed by atoms with Gasteiger partial charge >= 0.3 is 0 Å². The number of thioether (sulfide) groups is 1. The van der Waals surface area contributed by atoms with Gasteiger partial charge in [0.05, 0.1) is 16.7 Å². The number of hydrogen-bond donors (Lipinski definition) is 1. The lowest BCUT2D eigenvalue weighted by molar-refractivity contribution is -0.113. The summed E-state index contributed by atoms with van der Waals surface area (Å²) in [5.74, 6) is 0.854. The lowest BCUT2D eigenvalue weighted by atomic mass is 10.2. The van der Waals surface area contributed by atoms with Crippen LogP contribution in [0.2, 0.25) is 0 Å². The molecule has 4 rings (SSSR count). The molecule has 3 heterocycles. The molecule has 0 fully saturated rings. The number of nitrogens with one attached hydrogen (secondary N) is 1. The van der Waals surface area contributed by atoms with E-state index in [1.54, 1.807) is 35.0 Å². The van der Waals surface area contributed by atoms with Gasteiger partial charge in [-0.1, -0.05) is 35.1 Å². The van der Waals surface area contributed by atoms with E-state index in [9.17, 15) is 9.59 Å². The quantitative estimate of drug-likeness (QED) is 0.358.